The van der Waals surface area contributed by atoms with Crippen LogP contribution in [-0.2, 0) is 0 Å². The molecule has 0 aliphatic carbocycles. The number of amides is 1. The van der Waals surface area contributed by atoms with Crippen LogP contribution in [-0.4, -0.2) is 29.3 Å². The maximum Gasteiger partial charge on any atom is 0.261 e. The van der Waals surface area contributed by atoms with Crippen molar-refractivity contribution in [2.75, 3.05) is 18.5 Å². The number of hydrogen-bond donors (Lipinski definition) is 1. The molecule has 4 rings (SSSR count). The van der Waals surface area contributed by atoms with Crippen LogP contribution in [0.15, 0.2) is 35.0 Å². The first-order chi connectivity index (χ1) is 11.3. The van der Waals surface area contributed by atoms with Crippen LogP contribution in [0.5, 0.6) is 11.5 Å². The van der Waals surface area contributed by atoms with Gasteiger partial charge in [-0.2, -0.15) is 11.3 Å². The Labute approximate surface area is 139 Å². The number of carbonyl (C=O) groups excluding carboxylic acids is 1. The molecule has 1 amide bonds. The average Bonchev–Trinajstić information content (AvgIpc) is 3.25. The number of hydrogen-bond acceptors (Lipinski definition) is 7. The normalized spacial score (nSPS) is 12.9. The molecule has 0 unspecified atom stereocenters. The Morgan fingerprint density at radius 3 is 2.96 bits per heavy atom. The average molecular weight is 345 g/mol. The Morgan fingerprint density at radius 1 is 1.17 bits per heavy atom. The fourth-order valence-corrected chi connectivity index (χ4v) is 3.64. The molecule has 23 heavy (non-hydrogen) atoms. The van der Waals surface area contributed by atoms with E-state index in [1.54, 1.807) is 29.5 Å². The molecule has 0 spiro atoms. The summed E-state index contributed by atoms with van der Waals surface area (Å²) in [6.07, 6.45) is 0. The van der Waals surface area contributed by atoms with E-state index in [0.717, 1.165) is 10.6 Å². The molecule has 0 bridgehead atoms. The third kappa shape index (κ3) is 2.78. The third-order valence-electron chi connectivity index (χ3n) is 3.22. The van der Waals surface area contributed by atoms with Crippen molar-refractivity contribution >= 4 is 33.7 Å². The topological polar surface area (TPSA) is 73.3 Å². The zero-order valence-electron chi connectivity index (χ0n) is 11.8. The number of thiophene rings is 1. The summed E-state index contributed by atoms with van der Waals surface area (Å²) in [4.78, 5) is 12.5. The molecule has 1 N–H and O–H groups in total. The maximum atomic E-state index is 12.5. The zero-order valence-corrected chi connectivity index (χ0v) is 13.4. The van der Waals surface area contributed by atoms with Crippen LogP contribution < -0.4 is 14.8 Å². The second-order valence-corrected chi connectivity index (χ2v) is 6.47. The number of rotatable bonds is 3. The van der Waals surface area contributed by atoms with Crippen LogP contribution in [0.4, 0.5) is 5.13 Å². The van der Waals surface area contributed by atoms with Crippen molar-refractivity contribution in [3.05, 3.63) is 40.6 Å². The van der Waals surface area contributed by atoms with Gasteiger partial charge in [-0.05, 0) is 23.6 Å². The van der Waals surface area contributed by atoms with Crippen LogP contribution in [0.2, 0.25) is 0 Å². The molecule has 0 atom stereocenters. The number of nitrogens with one attached hydrogen (secondary N) is 1. The number of para-hydroxylation sites is 1. The largest absolute Gasteiger partial charge is 0.486 e. The monoisotopic (exact) mass is 345 g/mol. The van der Waals surface area contributed by atoms with E-state index in [9.17, 15) is 4.79 Å². The minimum absolute atomic E-state index is 0.291. The van der Waals surface area contributed by atoms with E-state index in [0.29, 0.717) is 35.4 Å². The fraction of sp³-hybridized carbons (Fsp3) is 0.133. The van der Waals surface area contributed by atoms with Crippen molar-refractivity contribution in [1.29, 1.82) is 0 Å². The molecule has 6 nitrogen and oxygen atoms in total. The molecule has 0 radical (unpaired) electrons. The molecular formula is C15H11N3O3S2. The molecule has 1 aliphatic heterocycles. The van der Waals surface area contributed by atoms with Crippen LogP contribution in [0, 0.1) is 0 Å². The molecule has 0 saturated carbocycles. The predicted molar refractivity (Wildman–Crippen MR) is 88.6 cm³/mol. The number of aromatic nitrogens is 2. The number of benzene rings is 1. The van der Waals surface area contributed by atoms with Gasteiger partial charge in [0.1, 0.15) is 18.2 Å². The van der Waals surface area contributed by atoms with Gasteiger partial charge in [0.2, 0.25) is 5.13 Å². The molecule has 3 heterocycles. The van der Waals surface area contributed by atoms with Crippen molar-refractivity contribution in [1.82, 2.24) is 10.2 Å². The van der Waals surface area contributed by atoms with Gasteiger partial charge < -0.3 is 9.47 Å². The minimum atomic E-state index is -0.291. The molecule has 0 saturated heterocycles. The fourth-order valence-electron chi connectivity index (χ4n) is 2.19. The number of carbonyl (C=O) groups is 1. The van der Waals surface area contributed by atoms with Gasteiger partial charge in [-0.25, -0.2) is 0 Å². The predicted octanol–water partition coefficient (Wildman–Crippen LogP) is 3.29. The van der Waals surface area contributed by atoms with Gasteiger partial charge in [0, 0.05) is 10.9 Å². The SMILES string of the molecule is O=C(Nc1nnc(-c2ccsc2)s1)c1cccc2c1OCCO2. The number of anilines is 1. The van der Waals surface area contributed by atoms with E-state index in [4.69, 9.17) is 9.47 Å². The van der Waals surface area contributed by atoms with Crippen LogP contribution >= 0.6 is 22.7 Å². The van der Waals surface area contributed by atoms with E-state index in [2.05, 4.69) is 15.5 Å². The second kappa shape index (κ2) is 5.98. The van der Waals surface area contributed by atoms with Crippen molar-refractivity contribution in [3.63, 3.8) is 0 Å². The highest BCUT2D eigenvalue weighted by atomic mass is 32.1. The maximum absolute atomic E-state index is 12.5. The Morgan fingerprint density at radius 2 is 2.09 bits per heavy atom. The molecule has 8 heteroatoms. The highest BCUT2D eigenvalue weighted by Crippen LogP contribution is 2.34. The first-order valence-electron chi connectivity index (χ1n) is 6.87. The zero-order chi connectivity index (χ0) is 15.6. The summed E-state index contributed by atoms with van der Waals surface area (Å²) in [5.74, 6) is 0.763. The standard InChI is InChI=1S/C15H11N3O3S2/c19-13(10-2-1-3-11-12(10)21-6-5-20-11)16-15-18-17-14(23-15)9-4-7-22-8-9/h1-4,7-8H,5-6H2,(H,16,18,19). The van der Waals surface area contributed by atoms with Gasteiger partial charge in [0.25, 0.3) is 5.91 Å². The van der Waals surface area contributed by atoms with Gasteiger partial charge >= 0.3 is 0 Å². The molecule has 1 aromatic carbocycles. The third-order valence-corrected chi connectivity index (χ3v) is 4.80. The van der Waals surface area contributed by atoms with Crippen molar-refractivity contribution in [3.8, 4) is 22.1 Å². The summed E-state index contributed by atoms with van der Waals surface area (Å²) in [6.45, 7) is 0.914. The Hall–Kier alpha value is -2.45. The van der Waals surface area contributed by atoms with E-state index < -0.39 is 0 Å². The van der Waals surface area contributed by atoms with Gasteiger partial charge in [0.15, 0.2) is 11.5 Å². The van der Waals surface area contributed by atoms with Crippen LogP contribution in [0.25, 0.3) is 10.6 Å². The molecule has 1 aliphatic rings. The summed E-state index contributed by atoms with van der Waals surface area (Å²) in [6, 6.07) is 7.21. The lowest BCUT2D eigenvalue weighted by Gasteiger charge is -2.20. The van der Waals surface area contributed by atoms with E-state index in [1.165, 1.54) is 11.3 Å². The van der Waals surface area contributed by atoms with E-state index in [-0.39, 0.29) is 5.91 Å². The summed E-state index contributed by atoms with van der Waals surface area (Å²) >= 11 is 2.92. The Bertz CT molecular complexity index is 846. The quantitative estimate of drug-likeness (QED) is 0.788. The molecule has 116 valence electrons. The van der Waals surface area contributed by atoms with Crippen LogP contribution in [0.3, 0.4) is 0 Å². The molecule has 2 aromatic heterocycles. The van der Waals surface area contributed by atoms with Crippen molar-refractivity contribution in [2.45, 2.75) is 0 Å². The Kier molecular flexibility index (Phi) is 3.68. The van der Waals surface area contributed by atoms with E-state index in [1.807, 2.05) is 16.8 Å². The molecule has 0 fully saturated rings. The van der Waals surface area contributed by atoms with Gasteiger partial charge in [-0.15, -0.1) is 10.2 Å². The summed E-state index contributed by atoms with van der Waals surface area (Å²) in [5, 5.41) is 16.1. The lowest BCUT2D eigenvalue weighted by Crippen LogP contribution is -2.20. The van der Waals surface area contributed by atoms with Gasteiger partial charge in [0.05, 0.1) is 5.56 Å². The first kappa shape index (κ1) is 14.2. The lowest BCUT2D eigenvalue weighted by atomic mass is 10.1. The second-order valence-electron chi connectivity index (χ2n) is 4.71. The first-order valence-corrected chi connectivity index (χ1v) is 8.63. The Balaban J connectivity index is 1.57. The molecular weight excluding hydrogens is 334 g/mol. The smallest absolute Gasteiger partial charge is 0.261 e. The summed E-state index contributed by atoms with van der Waals surface area (Å²) in [7, 11) is 0. The lowest BCUT2D eigenvalue weighted by molar-refractivity contribution is 0.101. The molecule has 3 aromatic rings. The highest BCUT2D eigenvalue weighted by molar-refractivity contribution is 7.19. The van der Waals surface area contributed by atoms with Gasteiger partial charge in [-0.3, -0.25) is 10.1 Å². The van der Waals surface area contributed by atoms with E-state index >= 15 is 0 Å². The summed E-state index contributed by atoms with van der Waals surface area (Å²) in [5.41, 5.74) is 1.43. The van der Waals surface area contributed by atoms with Gasteiger partial charge in [-0.1, -0.05) is 17.4 Å². The highest BCUT2D eigenvalue weighted by Gasteiger charge is 2.21. The minimum Gasteiger partial charge on any atom is -0.486 e. The summed E-state index contributed by atoms with van der Waals surface area (Å²) < 4.78 is 11.0. The number of fused-ring (bicyclic) bond motifs is 1. The number of ether oxygens (including phenoxy) is 2. The number of nitrogens with zero attached hydrogens (tertiary/aromatic N) is 2. The van der Waals surface area contributed by atoms with Crippen molar-refractivity contribution < 1.29 is 14.3 Å². The van der Waals surface area contributed by atoms with Crippen LogP contribution in [0.1, 0.15) is 10.4 Å². The van der Waals surface area contributed by atoms with Crippen molar-refractivity contribution in [2.24, 2.45) is 0 Å².